The Bertz CT molecular complexity index is 661. The quantitative estimate of drug-likeness (QED) is 0.770. The molecule has 0 unspecified atom stereocenters. The number of halogens is 1. The SMILES string of the molecule is Cc1noc(C)c1CC(=O)N(CCN(C)C)Cc1ccc(Cl)cc1. The van der Waals surface area contributed by atoms with Gasteiger partial charge in [0.15, 0.2) is 0 Å². The third-order valence-electron chi connectivity index (χ3n) is 3.97. The van der Waals surface area contributed by atoms with Crippen molar-refractivity contribution in [3.05, 3.63) is 51.9 Å². The van der Waals surface area contributed by atoms with Gasteiger partial charge in [0, 0.05) is 30.2 Å². The van der Waals surface area contributed by atoms with Gasteiger partial charge in [-0.2, -0.15) is 0 Å². The lowest BCUT2D eigenvalue weighted by Gasteiger charge is -2.24. The summed E-state index contributed by atoms with van der Waals surface area (Å²) in [5.74, 6) is 0.779. The van der Waals surface area contributed by atoms with Crippen molar-refractivity contribution in [3.8, 4) is 0 Å². The number of carbonyl (C=O) groups is 1. The number of aromatic nitrogens is 1. The summed E-state index contributed by atoms with van der Waals surface area (Å²) in [6, 6.07) is 7.60. The van der Waals surface area contributed by atoms with E-state index in [4.69, 9.17) is 16.1 Å². The second kappa shape index (κ2) is 8.31. The summed E-state index contributed by atoms with van der Waals surface area (Å²) in [4.78, 5) is 16.7. The van der Waals surface area contributed by atoms with Gasteiger partial charge in [0.05, 0.1) is 12.1 Å². The van der Waals surface area contributed by atoms with E-state index in [1.807, 2.05) is 57.1 Å². The highest BCUT2D eigenvalue weighted by molar-refractivity contribution is 6.30. The maximum absolute atomic E-state index is 12.8. The summed E-state index contributed by atoms with van der Waals surface area (Å²) >= 11 is 5.94. The van der Waals surface area contributed by atoms with Crippen molar-refractivity contribution >= 4 is 17.5 Å². The molecule has 1 aromatic carbocycles. The van der Waals surface area contributed by atoms with Crippen LogP contribution in [0, 0.1) is 13.8 Å². The normalized spacial score (nSPS) is 11.1. The zero-order valence-electron chi connectivity index (χ0n) is 14.7. The van der Waals surface area contributed by atoms with Crippen LogP contribution in [0.3, 0.4) is 0 Å². The predicted molar refractivity (Wildman–Crippen MR) is 95.1 cm³/mol. The minimum atomic E-state index is 0.0706. The van der Waals surface area contributed by atoms with Gasteiger partial charge in [-0.25, -0.2) is 0 Å². The van der Waals surface area contributed by atoms with E-state index < -0.39 is 0 Å². The molecule has 1 heterocycles. The van der Waals surface area contributed by atoms with Crippen LogP contribution in [-0.4, -0.2) is 48.0 Å². The van der Waals surface area contributed by atoms with Gasteiger partial charge < -0.3 is 14.3 Å². The van der Waals surface area contributed by atoms with Crippen molar-refractivity contribution in [1.29, 1.82) is 0 Å². The summed E-state index contributed by atoms with van der Waals surface area (Å²) in [5.41, 5.74) is 2.72. The molecule has 2 aromatic rings. The van der Waals surface area contributed by atoms with Gasteiger partial charge in [-0.3, -0.25) is 4.79 Å². The van der Waals surface area contributed by atoms with Gasteiger partial charge in [0.25, 0.3) is 0 Å². The average Bonchev–Trinajstić information content (AvgIpc) is 2.85. The number of aryl methyl sites for hydroxylation is 2. The molecule has 0 aliphatic heterocycles. The zero-order valence-corrected chi connectivity index (χ0v) is 15.4. The number of carbonyl (C=O) groups excluding carboxylic acids is 1. The Kier molecular flexibility index (Phi) is 6.40. The number of nitrogens with zero attached hydrogens (tertiary/aromatic N) is 3. The fraction of sp³-hybridized carbons (Fsp3) is 0.444. The predicted octanol–water partition coefficient (Wildman–Crippen LogP) is 3.08. The largest absolute Gasteiger partial charge is 0.361 e. The van der Waals surface area contributed by atoms with Crippen molar-refractivity contribution in [2.75, 3.05) is 27.2 Å². The molecule has 1 aromatic heterocycles. The number of hydrogen-bond acceptors (Lipinski definition) is 4. The number of likely N-dealkylation sites (N-methyl/N-ethyl adjacent to an activating group) is 1. The van der Waals surface area contributed by atoms with Crippen molar-refractivity contribution in [2.45, 2.75) is 26.8 Å². The van der Waals surface area contributed by atoms with Crippen LogP contribution in [0.2, 0.25) is 5.02 Å². The molecule has 0 spiro atoms. The number of benzene rings is 1. The van der Waals surface area contributed by atoms with Gasteiger partial charge in [0.2, 0.25) is 5.91 Å². The lowest BCUT2D eigenvalue weighted by molar-refractivity contribution is -0.131. The zero-order chi connectivity index (χ0) is 17.7. The summed E-state index contributed by atoms with van der Waals surface area (Å²) in [6.07, 6.45) is 0.308. The molecular weight excluding hydrogens is 326 g/mol. The molecule has 6 heteroatoms. The number of rotatable bonds is 7. The van der Waals surface area contributed by atoms with E-state index in [-0.39, 0.29) is 5.91 Å². The molecule has 0 fully saturated rings. The molecule has 0 radical (unpaired) electrons. The minimum absolute atomic E-state index is 0.0706. The van der Waals surface area contributed by atoms with E-state index >= 15 is 0 Å². The maximum atomic E-state index is 12.8. The van der Waals surface area contributed by atoms with Crippen LogP contribution < -0.4 is 0 Å². The van der Waals surface area contributed by atoms with Gasteiger partial charge >= 0.3 is 0 Å². The van der Waals surface area contributed by atoms with E-state index in [9.17, 15) is 4.79 Å². The molecule has 0 saturated heterocycles. The number of amides is 1. The van der Waals surface area contributed by atoms with Crippen molar-refractivity contribution in [2.24, 2.45) is 0 Å². The third kappa shape index (κ3) is 5.08. The summed E-state index contributed by atoms with van der Waals surface area (Å²) < 4.78 is 5.16. The highest BCUT2D eigenvalue weighted by Gasteiger charge is 2.19. The average molecular weight is 350 g/mol. The molecule has 0 aliphatic rings. The molecule has 1 amide bonds. The molecule has 0 saturated carbocycles. The number of hydrogen-bond donors (Lipinski definition) is 0. The van der Waals surface area contributed by atoms with Crippen molar-refractivity contribution in [3.63, 3.8) is 0 Å². The first-order chi connectivity index (χ1) is 11.4. The van der Waals surface area contributed by atoms with Crippen LogP contribution in [0.1, 0.15) is 22.6 Å². The summed E-state index contributed by atoms with van der Waals surface area (Å²) in [6.45, 7) is 5.74. The van der Waals surface area contributed by atoms with Crippen LogP contribution >= 0.6 is 11.6 Å². The monoisotopic (exact) mass is 349 g/mol. The van der Waals surface area contributed by atoms with Crippen LogP contribution in [0.5, 0.6) is 0 Å². The van der Waals surface area contributed by atoms with Crippen molar-refractivity contribution in [1.82, 2.24) is 15.0 Å². The first-order valence-corrected chi connectivity index (χ1v) is 8.33. The van der Waals surface area contributed by atoms with Crippen LogP contribution in [0.15, 0.2) is 28.8 Å². The fourth-order valence-electron chi connectivity index (χ4n) is 2.44. The van der Waals surface area contributed by atoms with Gasteiger partial charge in [0.1, 0.15) is 5.76 Å². The lowest BCUT2D eigenvalue weighted by Crippen LogP contribution is -2.37. The van der Waals surface area contributed by atoms with Crippen LogP contribution in [0.4, 0.5) is 0 Å². The molecule has 130 valence electrons. The molecule has 24 heavy (non-hydrogen) atoms. The highest BCUT2D eigenvalue weighted by Crippen LogP contribution is 2.16. The Morgan fingerprint density at radius 2 is 1.83 bits per heavy atom. The fourth-order valence-corrected chi connectivity index (χ4v) is 2.57. The van der Waals surface area contributed by atoms with E-state index in [2.05, 4.69) is 10.1 Å². The Labute approximate surface area is 148 Å². The smallest absolute Gasteiger partial charge is 0.227 e. The Morgan fingerprint density at radius 3 is 2.38 bits per heavy atom. The molecule has 5 nitrogen and oxygen atoms in total. The Morgan fingerprint density at radius 1 is 1.17 bits per heavy atom. The first kappa shape index (κ1) is 18.5. The van der Waals surface area contributed by atoms with Crippen molar-refractivity contribution < 1.29 is 9.32 Å². The minimum Gasteiger partial charge on any atom is -0.361 e. The second-order valence-electron chi connectivity index (χ2n) is 6.22. The molecule has 2 rings (SSSR count). The van der Waals surface area contributed by atoms with Crippen LogP contribution in [-0.2, 0) is 17.8 Å². The molecular formula is C18H24ClN3O2. The molecule has 0 bridgehead atoms. The standard InChI is InChI=1S/C18H24ClN3O2/c1-13-17(14(2)24-20-13)11-18(23)22(10-9-21(3)4)12-15-5-7-16(19)8-6-15/h5-8H,9-12H2,1-4H3. The maximum Gasteiger partial charge on any atom is 0.227 e. The van der Waals surface area contributed by atoms with E-state index in [1.54, 1.807) is 0 Å². The van der Waals surface area contributed by atoms with Gasteiger partial charge in [-0.1, -0.05) is 28.9 Å². The van der Waals surface area contributed by atoms with E-state index in [0.29, 0.717) is 30.3 Å². The van der Waals surface area contributed by atoms with Crippen LogP contribution in [0.25, 0.3) is 0 Å². The molecule has 0 aliphatic carbocycles. The third-order valence-corrected chi connectivity index (χ3v) is 4.22. The molecule has 0 atom stereocenters. The van der Waals surface area contributed by atoms with E-state index in [1.165, 1.54) is 0 Å². The first-order valence-electron chi connectivity index (χ1n) is 7.95. The topological polar surface area (TPSA) is 49.6 Å². The van der Waals surface area contributed by atoms with Gasteiger partial charge in [-0.05, 0) is 45.6 Å². The highest BCUT2D eigenvalue weighted by atomic mass is 35.5. The Balaban J connectivity index is 2.12. The lowest BCUT2D eigenvalue weighted by atomic mass is 10.1. The second-order valence-corrected chi connectivity index (χ2v) is 6.66. The molecule has 0 N–H and O–H groups in total. The Hall–Kier alpha value is -1.85. The van der Waals surface area contributed by atoms with E-state index in [0.717, 1.165) is 23.4 Å². The summed E-state index contributed by atoms with van der Waals surface area (Å²) in [7, 11) is 4.00. The summed E-state index contributed by atoms with van der Waals surface area (Å²) in [5, 5.41) is 4.62. The van der Waals surface area contributed by atoms with Gasteiger partial charge in [-0.15, -0.1) is 0 Å².